The Morgan fingerprint density at radius 2 is 1.50 bits per heavy atom. The molecule has 0 spiro atoms. The van der Waals surface area contributed by atoms with Crippen molar-refractivity contribution in [3.8, 4) is 22.5 Å². The highest BCUT2D eigenvalue weighted by Crippen LogP contribution is 2.29. The van der Waals surface area contributed by atoms with Gasteiger partial charge in [0.1, 0.15) is 0 Å². The molecule has 0 unspecified atom stereocenters. The molecule has 3 aromatic rings. The standard InChI is InChI=1S/C19H16ClNS/c1-13-5-3-6-14(9-13)18-11-17(22-2)12-19(21-18)15-7-4-8-16(20)10-15/h3-12H,1-2H3. The van der Waals surface area contributed by atoms with Gasteiger partial charge in [-0.15, -0.1) is 11.8 Å². The molecular weight excluding hydrogens is 310 g/mol. The van der Waals surface area contributed by atoms with Crippen LogP contribution in [-0.4, -0.2) is 11.2 Å². The van der Waals surface area contributed by atoms with Gasteiger partial charge in [0, 0.05) is 21.0 Å². The van der Waals surface area contributed by atoms with Crippen molar-refractivity contribution >= 4 is 23.4 Å². The first-order valence-corrected chi connectivity index (χ1v) is 8.65. The van der Waals surface area contributed by atoms with Crippen molar-refractivity contribution in [3.63, 3.8) is 0 Å². The Morgan fingerprint density at radius 1 is 0.864 bits per heavy atom. The van der Waals surface area contributed by atoms with Crippen molar-refractivity contribution in [2.75, 3.05) is 6.26 Å². The quantitative estimate of drug-likeness (QED) is 0.540. The maximum absolute atomic E-state index is 6.11. The molecule has 0 bridgehead atoms. The SMILES string of the molecule is CSc1cc(-c2cccc(C)c2)nc(-c2cccc(Cl)c2)c1. The van der Waals surface area contributed by atoms with Gasteiger partial charge in [-0.2, -0.15) is 0 Å². The van der Waals surface area contributed by atoms with Crippen LogP contribution in [0.3, 0.4) is 0 Å². The van der Waals surface area contributed by atoms with Gasteiger partial charge >= 0.3 is 0 Å². The number of halogens is 1. The van der Waals surface area contributed by atoms with Gasteiger partial charge in [0.05, 0.1) is 11.4 Å². The average molecular weight is 326 g/mol. The maximum Gasteiger partial charge on any atom is 0.0721 e. The lowest BCUT2D eigenvalue weighted by Gasteiger charge is -2.09. The zero-order chi connectivity index (χ0) is 15.5. The second-order valence-electron chi connectivity index (χ2n) is 5.16. The lowest BCUT2D eigenvalue weighted by molar-refractivity contribution is 1.26. The minimum atomic E-state index is 0.728. The van der Waals surface area contributed by atoms with Crippen LogP contribution in [0.5, 0.6) is 0 Å². The normalized spacial score (nSPS) is 10.7. The lowest BCUT2D eigenvalue weighted by Crippen LogP contribution is -1.90. The number of rotatable bonds is 3. The largest absolute Gasteiger partial charge is 0.248 e. The van der Waals surface area contributed by atoms with Crippen molar-refractivity contribution in [3.05, 3.63) is 71.2 Å². The molecule has 22 heavy (non-hydrogen) atoms. The predicted molar refractivity (Wildman–Crippen MR) is 96.6 cm³/mol. The molecule has 3 heteroatoms. The summed E-state index contributed by atoms with van der Waals surface area (Å²) in [7, 11) is 0. The van der Waals surface area contributed by atoms with E-state index in [1.165, 1.54) is 10.5 Å². The maximum atomic E-state index is 6.11. The number of benzene rings is 2. The Balaban J connectivity index is 2.14. The first kappa shape index (κ1) is 15.1. The summed E-state index contributed by atoms with van der Waals surface area (Å²) in [4.78, 5) is 6.03. The van der Waals surface area contributed by atoms with Crippen LogP contribution in [-0.2, 0) is 0 Å². The van der Waals surface area contributed by atoms with E-state index in [0.29, 0.717) is 0 Å². The zero-order valence-corrected chi connectivity index (χ0v) is 14.1. The van der Waals surface area contributed by atoms with E-state index in [-0.39, 0.29) is 0 Å². The third-order valence-corrected chi connectivity index (χ3v) is 4.41. The third kappa shape index (κ3) is 3.34. The number of thioether (sulfide) groups is 1. The van der Waals surface area contributed by atoms with Crippen LogP contribution in [0.4, 0.5) is 0 Å². The molecule has 0 amide bonds. The number of hydrogen-bond acceptors (Lipinski definition) is 2. The number of aryl methyl sites for hydroxylation is 1. The second kappa shape index (κ2) is 6.55. The van der Waals surface area contributed by atoms with Gasteiger partial charge < -0.3 is 0 Å². The molecule has 0 fully saturated rings. The molecule has 1 aromatic heterocycles. The fourth-order valence-electron chi connectivity index (χ4n) is 2.37. The van der Waals surface area contributed by atoms with Crippen molar-refractivity contribution in [2.45, 2.75) is 11.8 Å². The number of nitrogens with zero attached hydrogens (tertiary/aromatic N) is 1. The summed E-state index contributed by atoms with van der Waals surface area (Å²) in [6.07, 6.45) is 2.08. The smallest absolute Gasteiger partial charge is 0.0721 e. The highest BCUT2D eigenvalue weighted by molar-refractivity contribution is 7.98. The van der Waals surface area contributed by atoms with Crippen LogP contribution in [0.25, 0.3) is 22.5 Å². The predicted octanol–water partition coefficient (Wildman–Crippen LogP) is 6.10. The molecule has 0 aliphatic carbocycles. The Kier molecular flexibility index (Phi) is 4.51. The Bertz CT molecular complexity index is 750. The van der Waals surface area contributed by atoms with Gasteiger partial charge in [-0.05, 0) is 43.5 Å². The molecule has 110 valence electrons. The van der Waals surface area contributed by atoms with Crippen LogP contribution in [0.1, 0.15) is 5.56 Å². The van der Waals surface area contributed by atoms with E-state index in [1.54, 1.807) is 11.8 Å². The molecule has 0 saturated heterocycles. The average Bonchev–Trinajstić information content (AvgIpc) is 2.54. The third-order valence-electron chi connectivity index (χ3n) is 3.47. The molecule has 0 radical (unpaired) electrons. The zero-order valence-electron chi connectivity index (χ0n) is 12.5. The van der Waals surface area contributed by atoms with E-state index in [0.717, 1.165) is 27.5 Å². The van der Waals surface area contributed by atoms with E-state index >= 15 is 0 Å². The van der Waals surface area contributed by atoms with Crippen LogP contribution in [0.2, 0.25) is 5.02 Å². The minimum absolute atomic E-state index is 0.728. The van der Waals surface area contributed by atoms with Gasteiger partial charge in [-0.3, -0.25) is 0 Å². The number of hydrogen-bond donors (Lipinski definition) is 0. The summed E-state index contributed by atoms with van der Waals surface area (Å²) < 4.78 is 0. The van der Waals surface area contributed by atoms with E-state index in [4.69, 9.17) is 16.6 Å². The summed E-state index contributed by atoms with van der Waals surface area (Å²) in [5.74, 6) is 0. The fourth-order valence-corrected chi connectivity index (χ4v) is 3.02. The van der Waals surface area contributed by atoms with E-state index in [1.807, 2.05) is 24.3 Å². The Labute approximate surface area is 140 Å². The topological polar surface area (TPSA) is 12.9 Å². The highest BCUT2D eigenvalue weighted by Gasteiger charge is 2.07. The van der Waals surface area contributed by atoms with Gasteiger partial charge in [0.2, 0.25) is 0 Å². The molecule has 1 nitrogen and oxygen atoms in total. The molecule has 3 rings (SSSR count). The van der Waals surface area contributed by atoms with Crippen molar-refractivity contribution in [2.24, 2.45) is 0 Å². The minimum Gasteiger partial charge on any atom is -0.248 e. The number of pyridine rings is 1. The van der Waals surface area contributed by atoms with E-state index < -0.39 is 0 Å². The first-order chi connectivity index (χ1) is 10.7. The highest BCUT2D eigenvalue weighted by atomic mass is 35.5. The number of aromatic nitrogens is 1. The summed E-state index contributed by atoms with van der Waals surface area (Å²) in [5, 5.41) is 0.728. The van der Waals surface area contributed by atoms with Crippen molar-refractivity contribution < 1.29 is 0 Å². The first-order valence-electron chi connectivity index (χ1n) is 7.05. The van der Waals surface area contributed by atoms with Crippen LogP contribution in [0, 0.1) is 6.92 Å². The van der Waals surface area contributed by atoms with Crippen molar-refractivity contribution in [1.82, 2.24) is 4.98 Å². The fraction of sp³-hybridized carbons (Fsp3) is 0.105. The monoisotopic (exact) mass is 325 g/mol. The molecule has 1 heterocycles. The summed E-state index contributed by atoms with van der Waals surface area (Å²) in [5.41, 5.74) is 5.35. The van der Waals surface area contributed by atoms with Crippen LogP contribution < -0.4 is 0 Å². The van der Waals surface area contributed by atoms with E-state index in [2.05, 4.69) is 49.6 Å². The second-order valence-corrected chi connectivity index (χ2v) is 6.47. The van der Waals surface area contributed by atoms with Crippen LogP contribution >= 0.6 is 23.4 Å². The van der Waals surface area contributed by atoms with E-state index in [9.17, 15) is 0 Å². The molecule has 0 saturated carbocycles. The molecule has 0 aliphatic heterocycles. The van der Waals surface area contributed by atoms with Gasteiger partial charge in [-0.1, -0.05) is 47.5 Å². The van der Waals surface area contributed by atoms with Crippen molar-refractivity contribution in [1.29, 1.82) is 0 Å². The summed E-state index contributed by atoms with van der Waals surface area (Å²) in [6, 6.07) is 20.5. The van der Waals surface area contributed by atoms with Gasteiger partial charge in [-0.25, -0.2) is 4.98 Å². The van der Waals surface area contributed by atoms with Gasteiger partial charge in [0.25, 0.3) is 0 Å². The molecular formula is C19H16ClNS. The summed E-state index contributed by atoms with van der Waals surface area (Å²) in [6.45, 7) is 2.10. The molecule has 0 N–H and O–H groups in total. The molecule has 0 atom stereocenters. The lowest BCUT2D eigenvalue weighted by atomic mass is 10.1. The molecule has 0 aliphatic rings. The van der Waals surface area contributed by atoms with Gasteiger partial charge in [0.15, 0.2) is 0 Å². The molecule has 2 aromatic carbocycles. The Morgan fingerprint density at radius 3 is 2.09 bits per heavy atom. The summed E-state index contributed by atoms with van der Waals surface area (Å²) >= 11 is 7.83. The Hall–Kier alpha value is -1.77. The van der Waals surface area contributed by atoms with Crippen LogP contribution in [0.15, 0.2) is 65.6 Å².